The summed E-state index contributed by atoms with van der Waals surface area (Å²) in [6, 6.07) is 45.2. The second kappa shape index (κ2) is 10.3. The minimum Gasteiger partial charge on any atom is -0.462 e. The smallest absolute Gasteiger partial charge is 0.266 e. The number of anilines is 2. The molecule has 5 aromatic carbocycles. The fourth-order valence-electron chi connectivity index (χ4n) is 5.98. The van der Waals surface area contributed by atoms with Crippen LogP contribution in [0.25, 0.3) is 11.3 Å². The first kappa shape index (κ1) is 25.2. The molecule has 2 aliphatic rings. The summed E-state index contributed by atoms with van der Waals surface area (Å²) in [5.74, 6) is 0.429. The van der Waals surface area contributed by atoms with E-state index < -0.39 is 5.72 Å². The Morgan fingerprint density at radius 1 is 0.707 bits per heavy atom. The second-order valence-electron chi connectivity index (χ2n) is 10.3. The third-order valence-corrected chi connectivity index (χ3v) is 8.18. The molecule has 41 heavy (non-hydrogen) atoms. The normalized spacial score (nSPS) is 19.9. The standard InChI is InChI=1S/C36H27ClN2O2/c37-29-21-11-10-20-28(29)31-24-36(27-18-8-3-9-19-27)39(32-23-13-12-22-30(32)38-31)35(40)33(25-14-4-1-5-15-25)34(41-36)26-16-6-2-7-17-26/h1-23,31,38H,24H2/t31-,36-/m0/s1. The lowest BCUT2D eigenvalue weighted by Gasteiger charge is -2.48. The van der Waals surface area contributed by atoms with Crippen molar-refractivity contribution in [1.29, 1.82) is 0 Å². The number of nitrogens with one attached hydrogen (secondary N) is 1. The van der Waals surface area contributed by atoms with E-state index in [9.17, 15) is 0 Å². The van der Waals surface area contributed by atoms with Crippen molar-refractivity contribution >= 4 is 40.2 Å². The monoisotopic (exact) mass is 554 g/mol. The van der Waals surface area contributed by atoms with Gasteiger partial charge in [-0.3, -0.25) is 9.69 Å². The molecule has 1 amide bonds. The van der Waals surface area contributed by atoms with Crippen LogP contribution in [0.5, 0.6) is 0 Å². The van der Waals surface area contributed by atoms with E-state index in [2.05, 4.69) is 5.32 Å². The topological polar surface area (TPSA) is 41.6 Å². The molecule has 2 aliphatic heterocycles. The Bertz CT molecular complexity index is 1750. The van der Waals surface area contributed by atoms with Crippen LogP contribution in [0, 0.1) is 0 Å². The molecule has 0 saturated carbocycles. The molecular weight excluding hydrogens is 528 g/mol. The van der Waals surface area contributed by atoms with Crippen LogP contribution in [-0.4, -0.2) is 5.91 Å². The number of rotatable bonds is 4. The second-order valence-corrected chi connectivity index (χ2v) is 10.7. The van der Waals surface area contributed by atoms with Gasteiger partial charge in [-0.2, -0.15) is 0 Å². The number of amides is 1. The summed E-state index contributed by atoms with van der Waals surface area (Å²) < 4.78 is 7.32. The van der Waals surface area contributed by atoms with Crippen molar-refractivity contribution in [2.75, 3.05) is 10.2 Å². The molecule has 2 atom stereocenters. The first-order valence-corrected chi connectivity index (χ1v) is 14.1. The number of nitrogens with zero attached hydrogens (tertiary/aromatic N) is 1. The zero-order valence-electron chi connectivity index (χ0n) is 22.2. The Balaban J connectivity index is 1.55. The number of hydrogen-bond acceptors (Lipinski definition) is 3. The highest BCUT2D eigenvalue weighted by Crippen LogP contribution is 2.54. The van der Waals surface area contributed by atoms with Gasteiger partial charge in [-0.05, 0) is 29.3 Å². The van der Waals surface area contributed by atoms with Gasteiger partial charge < -0.3 is 10.1 Å². The predicted octanol–water partition coefficient (Wildman–Crippen LogP) is 8.68. The van der Waals surface area contributed by atoms with Crippen molar-refractivity contribution in [3.05, 3.63) is 167 Å². The molecule has 5 aromatic rings. The number of benzene rings is 5. The molecule has 5 heteroatoms. The summed E-state index contributed by atoms with van der Waals surface area (Å²) >= 11 is 6.79. The number of ether oxygens (including phenoxy) is 1. The molecule has 4 nitrogen and oxygen atoms in total. The molecule has 7 rings (SSSR count). The quantitative estimate of drug-likeness (QED) is 0.241. The fourth-order valence-corrected chi connectivity index (χ4v) is 6.25. The van der Waals surface area contributed by atoms with E-state index in [1.807, 2.05) is 144 Å². The van der Waals surface area contributed by atoms with Crippen LogP contribution in [0.15, 0.2) is 140 Å². The molecule has 200 valence electrons. The fraction of sp³-hybridized carbons (Fsp3) is 0.0833. The van der Waals surface area contributed by atoms with Crippen LogP contribution in [0.4, 0.5) is 11.4 Å². The van der Waals surface area contributed by atoms with Gasteiger partial charge in [0.15, 0.2) is 0 Å². The van der Waals surface area contributed by atoms with Crippen LogP contribution < -0.4 is 10.2 Å². The summed E-state index contributed by atoms with van der Waals surface area (Å²) in [5.41, 5.74) is 4.39. The zero-order valence-corrected chi connectivity index (χ0v) is 23.0. The van der Waals surface area contributed by atoms with Gasteiger partial charge in [0.2, 0.25) is 5.72 Å². The molecular formula is C36H27ClN2O2. The van der Waals surface area contributed by atoms with E-state index in [0.717, 1.165) is 33.6 Å². The first-order valence-electron chi connectivity index (χ1n) is 13.7. The highest BCUT2D eigenvalue weighted by Gasteiger charge is 2.54. The number of para-hydroxylation sites is 2. The highest BCUT2D eigenvalue weighted by molar-refractivity contribution is 6.33. The third kappa shape index (κ3) is 4.28. The van der Waals surface area contributed by atoms with Crippen LogP contribution >= 0.6 is 11.6 Å². The predicted molar refractivity (Wildman–Crippen MR) is 165 cm³/mol. The number of carbonyl (C=O) groups is 1. The van der Waals surface area contributed by atoms with Gasteiger partial charge in [0.1, 0.15) is 5.76 Å². The van der Waals surface area contributed by atoms with Crippen molar-refractivity contribution in [2.45, 2.75) is 18.2 Å². The minimum absolute atomic E-state index is 0.126. The number of carbonyl (C=O) groups excluding carboxylic acids is 1. The average Bonchev–Trinajstić information content (AvgIpc) is 3.18. The van der Waals surface area contributed by atoms with E-state index >= 15 is 4.79 Å². The summed E-state index contributed by atoms with van der Waals surface area (Å²) in [4.78, 5) is 16.9. The Morgan fingerprint density at radius 2 is 1.29 bits per heavy atom. The minimum atomic E-state index is -1.18. The SMILES string of the molecule is O=C1C(c2ccccc2)=C(c2ccccc2)O[C@]2(c3ccccc3)C[C@@H](c3ccccc3Cl)Nc3ccccc3N12. The van der Waals surface area contributed by atoms with Crippen molar-refractivity contribution in [2.24, 2.45) is 0 Å². The van der Waals surface area contributed by atoms with Crippen LogP contribution in [-0.2, 0) is 15.3 Å². The lowest BCUT2D eigenvalue weighted by molar-refractivity contribution is -0.120. The third-order valence-electron chi connectivity index (χ3n) is 7.84. The van der Waals surface area contributed by atoms with Gasteiger partial charge in [-0.1, -0.05) is 133 Å². The zero-order chi connectivity index (χ0) is 27.8. The maximum absolute atomic E-state index is 15.1. The Labute approximate surface area is 244 Å². The highest BCUT2D eigenvalue weighted by atomic mass is 35.5. The van der Waals surface area contributed by atoms with Crippen LogP contribution in [0.3, 0.4) is 0 Å². The van der Waals surface area contributed by atoms with Gasteiger partial charge in [0, 0.05) is 22.6 Å². The molecule has 0 radical (unpaired) electrons. The molecule has 0 fully saturated rings. The van der Waals surface area contributed by atoms with E-state index in [-0.39, 0.29) is 11.9 Å². The van der Waals surface area contributed by atoms with Crippen LogP contribution in [0.2, 0.25) is 5.02 Å². The molecule has 0 saturated heterocycles. The molecule has 0 aromatic heterocycles. The van der Waals surface area contributed by atoms with Crippen LogP contribution in [0.1, 0.15) is 34.7 Å². The van der Waals surface area contributed by atoms with E-state index in [1.54, 1.807) is 0 Å². The van der Waals surface area contributed by atoms with Gasteiger partial charge in [0.05, 0.1) is 23.0 Å². The van der Waals surface area contributed by atoms with E-state index in [4.69, 9.17) is 16.3 Å². The molecule has 2 heterocycles. The number of hydrogen-bond donors (Lipinski definition) is 1. The molecule has 0 unspecified atom stereocenters. The van der Waals surface area contributed by atoms with Crippen molar-refractivity contribution in [3.63, 3.8) is 0 Å². The average molecular weight is 555 g/mol. The Hall–Kier alpha value is -4.80. The Morgan fingerprint density at radius 3 is 2.00 bits per heavy atom. The van der Waals surface area contributed by atoms with Crippen molar-refractivity contribution in [1.82, 2.24) is 0 Å². The van der Waals surface area contributed by atoms with Gasteiger partial charge in [0.25, 0.3) is 5.91 Å². The molecule has 0 spiro atoms. The van der Waals surface area contributed by atoms with Gasteiger partial charge in [-0.25, -0.2) is 0 Å². The summed E-state index contributed by atoms with van der Waals surface area (Å²) in [7, 11) is 0. The summed E-state index contributed by atoms with van der Waals surface area (Å²) in [5, 5.41) is 4.38. The number of fused-ring (bicyclic) bond motifs is 3. The lowest BCUT2D eigenvalue weighted by Crippen LogP contribution is -2.55. The maximum atomic E-state index is 15.1. The summed E-state index contributed by atoms with van der Waals surface area (Å²) in [6.45, 7) is 0. The van der Waals surface area contributed by atoms with E-state index in [0.29, 0.717) is 22.8 Å². The number of halogens is 1. The molecule has 0 bridgehead atoms. The summed E-state index contributed by atoms with van der Waals surface area (Å²) in [6.07, 6.45) is 0.416. The Kier molecular flexibility index (Phi) is 6.33. The maximum Gasteiger partial charge on any atom is 0.266 e. The van der Waals surface area contributed by atoms with Gasteiger partial charge in [-0.15, -0.1) is 0 Å². The largest absolute Gasteiger partial charge is 0.462 e. The lowest BCUT2D eigenvalue weighted by atomic mass is 9.86. The van der Waals surface area contributed by atoms with E-state index in [1.165, 1.54) is 0 Å². The molecule has 1 N–H and O–H groups in total. The van der Waals surface area contributed by atoms with Crippen molar-refractivity contribution < 1.29 is 9.53 Å². The van der Waals surface area contributed by atoms with Crippen molar-refractivity contribution in [3.8, 4) is 0 Å². The first-order chi connectivity index (χ1) is 20.2. The molecule has 0 aliphatic carbocycles. The van der Waals surface area contributed by atoms with Gasteiger partial charge >= 0.3 is 0 Å².